The maximum absolute atomic E-state index is 13.0. The fourth-order valence-electron chi connectivity index (χ4n) is 4.03. The van der Waals surface area contributed by atoms with Crippen LogP contribution in [0.5, 0.6) is 0 Å². The molecule has 0 bridgehead atoms. The Morgan fingerprint density at radius 1 is 0.743 bits per heavy atom. The number of Topliss-reactive ketones (excluding diaryl/α,β-unsaturated/α-hetero) is 1. The molecule has 182 valence electrons. The van der Waals surface area contributed by atoms with Gasteiger partial charge in [0.05, 0.1) is 17.7 Å². The molecule has 8 heteroatoms. The van der Waals surface area contributed by atoms with Gasteiger partial charge in [0.25, 0.3) is 0 Å². The highest BCUT2D eigenvalue weighted by atomic mass is 19.4. The number of carbonyl (C=O) groups excluding carboxylic acids is 1. The van der Waals surface area contributed by atoms with Gasteiger partial charge in [0.2, 0.25) is 0 Å². The summed E-state index contributed by atoms with van der Waals surface area (Å²) in [5.74, 6) is -0.142. The summed E-state index contributed by atoms with van der Waals surface area (Å²) < 4.78 is 77.8. The molecule has 35 heavy (non-hydrogen) atoms. The van der Waals surface area contributed by atoms with Crippen LogP contribution < -0.4 is 0 Å². The molecule has 0 saturated carbocycles. The predicted octanol–water partition coefficient (Wildman–Crippen LogP) is 7.36. The molecule has 3 aromatic rings. The SMILES string of the molecule is O=C(CN1CC=C(c2cccc(C(F)(F)F)c2)CC1)c1ccc(-c2cccc(C(F)(F)F)c2)cc1. The number of hydrogen-bond acceptors (Lipinski definition) is 2. The van der Waals surface area contributed by atoms with Gasteiger partial charge in [-0.05, 0) is 52.9 Å². The molecular weight excluding hydrogens is 468 g/mol. The van der Waals surface area contributed by atoms with E-state index in [1.165, 1.54) is 12.1 Å². The van der Waals surface area contributed by atoms with E-state index in [4.69, 9.17) is 0 Å². The fourth-order valence-corrected chi connectivity index (χ4v) is 4.03. The number of nitrogens with zero attached hydrogens (tertiary/aromatic N) is 1. The Morgan fingerprint density at radius 3 is 1.86 bits per heavy atom. The van der Waals surface area contributed by atoms with Crippen molar-refractivity contribution in [1.82, 2.24) is 4.90 Å². The van der Waals surface area contributed by atoms with Gasteiger partial charge < -0.3 is 0 Å². The van der Waals surface area contributed by atoms with Crippen molar-refractivity contribution in [2.45, 2.75) is 18.8 Å². The Hall–Kier alpha value is -3.39. The summed E-state index contributed by atoms with van der Waals surface area (Å²) >= 11 is 0. The smallest absolute Gasteiger partial charge is 0.293 e. The van der Waals surface area contributed by atoms with Crippen LogP contribution in [0.3, 0.4) is 0 Å². The zero-order valence-electron chi connectivity index (χ0n) is 18.5. The van der Waals surface area contributed by atoms with Crippen molar-refractivity contribution in [3.63, 3.8) is 0 Å². The molecule has 0 N–H and O–H groups in total. The molecule has 0 amide bonds. The van der Waals surface area contributed by atoms with Crippen molar-refractivity contribution < 1.29 is 31.1 Å². The summed E-state index contributed by atoms with van der Waals surface area (Å²) in [5, 5.41) is 0. The summed E-state index contributed by atoms with van der Waals surface area (Å²) in [6.45, 7) is 1.09. The van der Waals surface area contributed by atoms with E-state index in [1.54, 1.807) is 36.4 Å². The Labute approximate surface area is 198 Å². The van der Waals surface area contributed by atoms with E-state index in [-0.39, 0.29) is 12.3 Å². The lowest BCUT2D eigenvalue weighted by atomic mass is 9.97. The average Bonchev–Trinajstić information content (AvgIpc) is 2.84. The molecule has 0 radical (unpaired) electrons. The van der Waals surface area contributed by atoms with Crippen LogP contribution in [0.1, 0.15) is 33.5 Å². The third-order valence-corrected chi connectivity index (χ3v) is 5.95. The Kier molecular flexibility index (Phi) is 6.85. The Morgan fingerprint density at radius 2 is 1.31 bits per heavy atom. The molecule has 0 unspecified atom stereocenters. The van der Waals surface area contributed by atoms with Crippen molar-refractivity contribution in [2.75, 3.05) is 19.6 Å². The van der Waals surface area contributed by atoms with Crippen LogP contribution in [0.25, 0.3) is 16.7 Å². The zero-order chi connectivity index (χ0) is 25.2. The number of halogens is 6. The first-order chi connectivity index (χ1) is 16.5. The van der Waals surface area contributed by atoms with Crippen LogP contribution in [0.2, 0.25) is 0 Å². The molecule has 1 aliphatic heterocycles. The number of carbonyl (C=O) groups is 1. The highest BCUT2D eigenvalue weighted by molar-refractivity contribution is 5.98. The minimum Gasteiger partial charge on any atom is -0.293 e. The molecule has 0 saturated heterocycles. The number of hydrogen-bond donors (Lipinski definition) is 0. The average molecular weight is 489 g/mol. The van der Waals surface area contributed by atoms with Gasteiger partial charge in [-0.1, -0.05) is 54.6 Å². The predicted molar refractivity (Wildman–Crippen MR) is 122 cm³/mol. The van der Waals surface area contributed by atoms with Crippen LogP contribution >= 0.6 is 0 Å². The molecule has 0 aliphatic carbocycles. The van der Waals surface area contributed by atoms with Crippen LogP contribution in [-0.4, -0.2) is 30.3 Å². The topological polar surface area (TPSA) is 20.3 Å². The second-order valence-corrected chi connectivity index (χ2v) is 8.37. The van der Waals surface area contributed by atoms with Gasteiger partial charge in [-0.3, -0.25) is 9.69 Å². The van der Waals surface area contributed by atoms with Crippen LogP contribution in [0, 0.1) is 0 Å². The van der Waals surface area contributed by atoms with Gasteiger partial charge in [0, 0.05) is 18.7 Å². The second kappa shape index (κ2) is 9.70. The number of rotatable bonds is 5. The van der Waals surface area contributed by atoms with Crippen LogP contribution in [0.15, 0.2) is 78.9 Å². The second-order valence-electron chi connectivity index (χ2n) is 8.37. The van der Waals surface area contributed by atoms with Gasteiger partial charge in [-0.15, -0.1) is 0 Å². The molecule has 2 nitrogen and oxygen atoms in total. The van der Waals surface area contributed by atoms with E-state index in [1.807, 2.05) is 11.0 Å². The van der Waals surface area contributed by atoms with Crippen LogP contribution in [-0.2, 0) is 12.4 Å². The molecule has 4 rings (SSSR count). The number of benzene rings is 3. The van der Waals surface area contributed by atoms with Crippen molar-refractivity contribution in [3.05, 3.63) is 101 Å². The Balaban J connectivity index is 1.39. The maximum Gasteiger partial charge on any atom is 0.416 e. The molecule has 0 fully saturated rings. The first kappa shape index (κ1) is 24.7. The lowest BCUT2D eigenvalue weighted by Gasteiger charge is -2.26. The first-order valence-corrected chi connectivity index (χ1v) is 10.9. The van der Waals surface area contributed by atoms with Gasteiger partial charge in [0.15, 0.2) is 5.78 Å². The summed E-state index contributed by atoms with van der Waals surface area (Å²) in [5.41, 5.74) is 1.32. The van der Waals surface area contributed by atoms with E-state index in [0.29, 0.717) is 41.8 Å². The lowest BCUT2D eigenvalue weighted by molar-refractivity contribution is -0.138. The summed E-state index contributed by atoms with van der Waals surface area (Å²) in [6, 6.07) is 16.6. The molecule has 0 atom stereocenters. The minimum absolute atomic E-state index is 0.134. The molecule has 3 aromatic carbocycles. The van der Waals surface area contributed by atoms with E-state index >= 15 is 0 Å². The summed E-state index contributed by atoms with van der Waals surface area (Å²) in [7, 11) is 0. The van der Waals surface area contributed by atoms with E-state index < -0.39 is 23.5 Å². The van der Waals surface area contributed by atoms with Gasteiger partial charge >= 0.3 is 12.4 Å². The monoisotopic (exact) mass is 489 g/mol. The quantitative estimate of drug-likeness (QED) is 0.276. The van der Waals surface area contributed by atoms with Gasteiger partial charge in [-0.25, -0.2) is 0 Å². The van der Waals surface area contributed by atoms with Crippen molar-refractivity contribution >= 4 is 11.4 Å². The largest absolute Gasteiger partial charge is 0.416 e. The maximum atomic E-state index is 13.0. The molecule has 1 heterocycles. The summed E-state index contributed by atoms with van der Waals surface area (Å²) in [6.07, 6.45) is -6.48. The standard InChI is InChI=1S/C27H21F6NO/c28-26(29,30)23-5-1-3-21(15-23)18-7-9-20(10-8-18)25(35)17-34-13-11-19(12-14-34)22-4-2-6-24(16-22)27(31,32)33/h1-11,15-16H,12-14,17H2. The van der Waals surface area contributed by atoms with Crippen LogP contribution in [0.4, 0.5) is 26.3 Å². The normalized spacial score (nSPS) is 15.1. The van der Waals surface area contributed by atoms with Gasteiger partial charge in [0.1, 0.15) is 0 Å². The number of ketones is 1. The minimum atomic E-state index is -4.43. The third-order valence-electron chi connectivity index (χ3n) is 5.95. The highest BCUT2D eigenvalue weighted by Crippen LogP contribution is 2.33. The molecular formula is C27H21F6NO. The van der Waals surface area contributed by atoms with E-state index in [2.05, 4.69) is 0 Å². The lowest BCUT2D eigenvalue weighted by Crippen LogP contribution is -2.33. The first-order valence-electron chi connectivity index (χ1n) is 10.9. The fraction of sp³-hybridized carbons (Fsp3) is 0.222. The van der Waals surface area contributed by atoms with Crippen molar-refractivity contribution in [1.29, 1.82) is 0 Å². The molecule has 0 aromatic heterocycles. The van der Waals surface area contributed by atoms with Crippen molar-refractivity contribution in [3.8, 4) is 11.1 Å². The molecule has 0 spiro atoms. The highest BCUT2D eigenvalue weighted by Gasteiger charge is 2.31. The van der Waals surface area contributed by atoms with Crippen molar-refractivity contribution in [2.24, 2.45) is 0 Å². The molecule has 1 aliphatic rings. The third kappa shape index (κ3) is 6.00. The number of alkyl halides is 6. The summed E-state index contributed by atoms with van der Waals surface area (Å²) in [4.78, 5) is 14.6. The van der Waals surface area contributed by atoms with E-state index in [9.17, 15) is 31.1 Å². The Bertz CT molecular complexity index is 1240. The zero-order valence-corrected chi connectivity index (χ0v) is 18.5. The van der Waals surface area contributed by atoms with E-state index in [0.717, 1.165) is 29.8 Å². The van der Waals surface area contributed by atoms with Gasteiger partial charge in [-0.2, -0.15) is 26.3 Å².